The average molecular weight is 477 g/mol. The smallest absolute Gasteiger partial charge is 0.306 e. The summed E-state index contributed by atoms with van der Waals surface area (Å²) in [7, 11) is 0. The molecular weight excluding hydrogens is 452 g/mol. The number of nitrogens with one attached hydrogen (secondary N) is 1. The van der Waals surface area contributed by atoms with Gasteiger partial charge in [0.1, 0.15) is 16.8 Å². The summed E-state index contributed by atoms with van der Waals surface area (Å²) in [6, 6.07) is 7.70. The number of nitriles is 1. The van der Waals surface area contributed by atoms with E-state index in [4.69, 9.17) is 9.26 Å². The second-order valence-electron chi connectivity index (χ2n) is 8.15. The summed E-state index contributed by atoms with van der Waals surface area (Å²) >= 11 is 1.42. The van der Waals surface area contributed by atoms with Crippen LogP contribution >= 0.6 is 11.3 Å². The topological polar surface area (TPSA) is 118 Å². The van der Waals surface area contributed by atoms with Crippen LogP contribution in [-0.2, 0) is 33.6 Å². The maximum Gasteiger partial charge on any atom is 0.306 e. The lowest BCUT2D eigenvalue weighted by Gasteiger charge is -2.21. The Hall–Kier alpha value is -3.77. The summed E-state index contributed by atoms with van der Waals surface area (Å²) in [5, 5.41) is 17.0. The molecule has 0 spiro atoms. The van der Waals surface area contributed by atoms with Crippen molar-refractivity contribution in [1.29, 1.82) is 5.26 Å². The molecule has 0 saturated heterocycles. The number of anilines is 1. The van der Waals surface area contributed by atoms with Gasteiger partial charge in [-0.3, -0.25) is 14.6 Å². The predicted molar refractivity (Wildman–Crippen MR) is 127 cm³/mol. The maximum atomic E-state index is 12.4. The highest BCUT2D eigenvalue weighted by Gasteiger charge is 2.27. The summed E-state index contributed by atoms with van der Waals surface area (Å²) in [6.45, 7) is 2.15. The van der Waals surface area contributed by atoms with Gasteiger partial charge in [-0.05, 0) is 55.4 Å². The van der Waals surface area contributed by atoms with Crippen LogP contribution in [0, 0.1) is 24.2 Å². The lowest BCUT2D eigenvalue weighted by Crippen LogP contribution is -2.20. The summed E-state index contributed by atoms with van der Waals surface area (Å²) in [5.41, 5.74) is 3.07. The highest BCUT2D eigenvalue weighted by Crippen LogP contribution is 2.39. The van der Waals surface area contributed by atoms with Crippen LogP contribution in [0.25, 0.3) is 6.08 Å². The number of rotatable bonds is 8. The van der Waals surface area contributed by atoms with E-state index < -0.39 is 0 Å². The van der Waals surface area contributed by atoms with Crippen molar-refractivity contribution in [2.24, 2.45) is 5.92 Å². The van der Waals surface area contributed by atoms with Crippen molar-refractivity contribution < 1.29 is 18.8 Å². The van der Waals surface area contributed by atoms with Crippen LogP contribution in [0.4, 0.5) is 5.00 Å². The molecule has 0 aliphatic heterocycles. The molecule has 3 aromatic rings. The molecule has 1 unspecified atom stereocenters. The molecule has 0 aromatic carbocycles. The molecule has 0 fully saturated rings. The van der Waals surface area contributed by atoms with Gasteiger partial charge in [-0.1, -0.05) is 11.2 Å². The third-order valence-electron chi connectivity index (χ3n) is 5.57. The van der Waals surface area contributed by atoms with Gasteiger partial charge in [-0.2, -0.15) is 5.26 Å². The number of carbonyl (C=O) groups is 2. The Labute approximate surface area is 201 Å². The number of ether oxygens (including phenoxy) is 1. The summed E-state index contributed by atoms with van der Waals surface area (Å²) in [5.74, 6) is 0.342. The van der Waals surface area contributed by atoms with E-state index in [1.165, 1.54) is 17.4 Å². The lowest BCUT2D eigenvalue weighted by atomic mass is 9.88. The van der Waals surface area contributed by atoms with Crippen molar-refractivity contribution in [1.82, 2.24) is 10.1 Å². The minimum Gasteiger partial charge on any atom is -0.465 e. The molecule has 1 amide bonds. The van der Waals surface area contributed by atoms with Crippen LogP contribution in [0.2, 0.25) is 0 Å². The largest absolute Gasteiger partial charge is 0.465 e. The highest BCUT2D eigenvalue weighted by molar-refractivity contribution is 7.16. The number of aromatic nitrogens is 2. The monoisotopic (exact) mass is 476 g/mol. The first-order valence-corrected chi connectivity index (χ1v) is 11.8. The molecule has 0 bridgehead atoms. The summed E-state index contributed by atoms with van der Waals surface area (Å²) in [4.78, 5) is 29.6. The Bertz CT molecular complexity index is 1240. The number of nitrogens with zero attached hydrogens (tertiary/aromatic N) is 3. The van der Waals surface area contributed by atoms with Gasteiger partial charge in [0.15, 0.2) is 0 Å². The van der Waals surface area contributed by atoms with E-state index in [0.29, 0.717) is 35.8 Å². The molecule has 9 heteroatoms. The van der Waals surface area contributed by atoms with E-state index in [1.54, 1.807) is 24.5 Å². The zero-order chi connectivity index (χ0) is 23.9. The Morgan fingerprint density at radius 3 is 3.06 bits per heavy atom. The Kier molecular flexibility index (Phi) is 7.50. The highest BCUT2D eigenvalue weighted by atomic mass is 32.1. The third-order valence-corrected chi connectivity index (χ3v) is 6.74. The van der Waals surface area contributed by atoms with Gasteiger partial charge < -0.3 is 14.6 Å². The molecule has 1 N–H and O–H groups in total. The van der Waals surface area contributed by atoms with E-state index in [-0.39, 0.29) is 24.2 Å². The zero-order valence-electron chi connectivity index (χ0n) is 18.7. The minimum absolute atomic E-state index is 0.185. The molecule has 0 radical (unpaired) electrons. The van der Waals surface area contributed by atoms with Crippen LogP contribution < -0.4 is 5.32 Å². The number of amides is 1. The van der Waals surface area contributed by atoms with Crippen molar-refractivity contribution in [3.05, 3.63) is 69.7 Å². The number of thiophene rings is 1. The molecule has 3 heterocycles. The quantitative estimate of drug-likeness (QED) is 0.381. The fraction of sp³-hybridized carbons (Fsp3) is 0.320. The number of esters is 1. The summed E-state index contributed by atoms with van der Waals surface area (Å²) < 4.78 is 10.5. The fourth-order valence-corrected chi connectivity index (χ4v) is 5.17. The normalized spacial score (nSPS) is 15.0. The van der Waals surface area contributed by atoms with Gasteiger partial charge in [0.05, 0.1) is 24.3 Å². The first-order chi connectivity index (χ1) is 16.5. The first kappa shape index (κ1) is 23.4. The van der Waals surface area contributed by atoms with E-state index in [1.807, 2.05) is 19.1 Å². The van der Waals surface area contributed by atoms with Crippen molar-refractivity contribution in [3.8, 4) is 6.07 Å². The van der Waals surface area contributed by atoms with Gasteiger partial charge >= 0.3 is 5.97 Å². The number of carbonyl (C=O) groups excluding carboxylic acids is 2. The van der Waals surface area contributed by atoms with Gasteiger partial charge in [-0.15, -0.1) is 11.3 Å². The molecule has 3 aromatic heterocycles. The number of fused-ring (bicyclic) bond motifs is 1. The van der Waals surface area contributed by atoms with Crippen molar-refractivity contribution >= 4 is 34.3 Å². The number of aryl methyl sites for hydroxylation is 2. The molecule has 1 atom stereocenters. The molecule has 4 rings (SSSR count). The van der Waals surface area contributed by atoms with Crippen LogP contribution in [0.1, 0.15) is 45.9 Å². The van der Waals surface area contributed by atoms with Crippen LogP contribution in [0.15, 0.2) is 41.2 Å². The van der Waals surface area contributed by atoms with Crippen molar-refractivity contribution in [2.75, 3.05) is 11.9 Å². The number of pyridine rings is 1. The van der Waals surface area contributed by atoms with Gasteiger partial charge in [-0.25, -0.2) is 0 Å². The predicted octanol–water partition coefficient (Wildman–Crippen LogP) is 4.24. The molecule has 8 nitrogen and oxygen atoms in total. The Morgan fingerprint density at radius 1 is 1.44 bits per heavy atom. The van der Waals surface area contributed by atoms with Gasteiger partial charge in [0, 0.05) is 35.8 Å². The maximum absolute atomic E-state index is 12.4. The van der Waals surface area contributed by atoms with Crippen LogP contribution in [0.3, 0.4) is 0 Å². The molecule has 34 heavy (non-hydrogen) atoms. The van der Waals surface area contributed by atoms with E-state index >= 15 is 0 Å². The fourth-order valence-electron chi connectivity index (χ4n) is 3.85. The molecule has 1 aliphatic rings. The third kappa shape index (κ3) is 5.97. The van der Waals surface area contributed by atoms with E-state index in [2.05, 4.69) is 21.5 Å². The standard InChI is InChI=1S/C25H24N4O4S/c1-16-11-19(29-33-16)6-9-24(31)32-15-18-4-7-20-21(13-26)25(34-22(20)12-18)28-23(30)8-5-17-3-2-10-27-14-17/h2-3,5,8,10-11,14,18H,4,6-7,9,12,15H2,1H3,(H,28,30)/b8-5+. The van der Waals surface area contributed by atoms with E-state index in [0.717, 1.165) is 34.5 Å². The number of hydrogen-bond donors (Lipinski definition) is 1. The average Bonchev–Trinajstić information content (AvgIpc) is 3.42. The van der Waals surface area contributed by atoms with Crippen LogP contribution in [-0.4, -0.2) is 28.6 Å². The number of hydrogen-bond acceptors (Lipinski definition) is 8. The SMILES string of the molecule is Cc1cc(CCC(=O)OCC2CCc3c(sc(NC(=O)/C=C/c4cccnc4)c3C#N)C2)no1. The molecular formula is C25H24N4O4S. The van der Waals surface area contributed by atoms with Crippen LogP contribution in [0.5, 0.6) is 0 Å². The first-order valence-electron chi connectivity index (χ1n) is 11.0. The molecule has 0 saturated carbocycles. The lowest BCUT2D eigenvalue weighted by molar-refractivity contribution is -0.145. The van der Waals surface area contributed by atoms with Crippen molar-refractivity contribution in [3.63, 3.8) is 0 Å². The second-order valence-corrected chi connectivity index (χ2v) is 9.25. The molecule has 174 valence electrons. The zero-order valence-corrected chi connectivity index (χ0v) is 19.6. The van der Waals surface area contributed by atoms with Gasteiger partial charge in [0.2, 0.25) is 5.91 Å². The summed E-state index contributed by atoms with van der Waals surface area (Å²) in [6.07, 6.45) is 9.43. The minimum atomic E-state index is -0.299. The Morgan fingerprint density at radius 2 is 2.32 bits per heavy atom. The molecule has 1 aliphatic carbocycles. The second kappa shape index (κ2) is 10.9. The van der Waals surface area contributed by atoms with E-state index in [9.17, 15) is 14.9 Å². The Balaban J connectivity index is 1.31. The van der Waals surface area contributed by atoms with Crippen molar-refractivity contribution in [2.45, 2.75) is 39.0 Å². The van der Waals surface area contributed by atoms with Gasteiger partial charge in [0.25, 0.3) is 0 Å².